The van der Waals surface area contributed by atoms with Gasteiger partial charge in [-0.2, -0.15) is 4.98 Å². The summed E-state index contributed by atoms with van der Waals surface area (Å²) in [5, 5.41) is 10.3. The maximum Gasteiger partial charge on any atom is 0.441 e. The molecular formula is C16H10Cl2N4O3. The Balaban J connectivity index is 1.60. The Kier molecular flexibility index (Phi) is 5.27. The average Bonchev–Trinajstić information content (AvgIpc) is 3.07. The summed E-state index contributed by atoms with van der Waals surface area (Å²) in [6.07, 6.45) is 0.329. The summed E-state index contributed by atoms with van der Waals surface area (Å²) in [6, 6.07) is 14.0. The molecule has 2 aromatic carbocycles. The van der Waals surface area contributed by atoms with Gasteiger partial charge in [-0.1, -0.05) is 69.9 Å². The molecule has 0 saturated heterocycles. The number of rotatable bonds is 4. The summed E-state index contributed by atoms with van der Waals surface area (Å²) in [5.41, 5.74) is 1.18. The van der Waals surface area contributed by atoms with Crippen molar-refractivity contribution in [2.75, 3.05) is 5.32 Å². The molecule has 126 valence electrons. The number of anilines is 1. The molecule has 0 spiro atoms. The summed E-state index contributed by atoms with van der Waals surface area (Å²) in [7, 11) is 0. The van der Waals surface area contributed by atoms with Gasteiger partial charge in [0.1, 0.15) is 0 Å². The van der Waals surface area contributed by atoms with Crippen LogP contribution in [0.4, 0.5) is 10.8 Å². The Hall–Kier alpha value is -2.90. The Labute approximate surface area is 152 Å². The first kappa shape index (κ1) is 16.9. The molecule has 1 N–H and O–H groups in total. The third-order valence-corrected chi connectivity index (χ3v) is 3.64. The van der Waals surface area contributed by atoms with Crippen LogP contribution in [0.15, 0.2) is 58.2 Å². The Morgan fingerprint density at radius 3 is 2.56 bits per heavy atom. The maximum atomic E-state index is 11.7. The van der Waals surface area contributed by atoms with Gasteiger partial charge in [-0.05, 0) is 12.1 Å². The average molecular weight is 377 g/mol. The van der Waals surface area contributed by atoms with E-state index in [1.165, 1.54) is 6.21 Å². The molecule has 1 amide bonds. The lowest BCUT2D eigenvalue weighted by Crippen LogP contribution is -2.11. The molecule has 0 saturated carbocycles. The van der Waals surface area contributed by atoms with E-state index < -0.39 is 6.09 Å². The number of carbonyl (C=O) groups is 1. The van der Waals surface area contributed by atoms with Crippen molar-refractivity contribution in [3.63, 3.8) is 0 Å². The van der Waals surface area contributed by atoms with Crippen LogP contribution >= 0.6 is 23.2 Å². The van der Waals surface area contributed by atoms with Crippen LogP contribution in [0.1, 0.15) is 5.56 Å². The van der Waals surface area contributed by atoms with Crippen LogP contribution in [0, 0.1) is 0 Å². The molecule has 3 rings (SSSR count). The van der Waals surface area contributed by atoms with Crippen molar-refractivity contribution >= 4 is 41.5 Å². The fourth-order valence-corrected chi connectivity index (χ4v) is 2.34. The van der Waals surface area contributed by atoms with E-state index in [-0.39, 0.29) is 6.01 Å². The third-order valence-electron chi connectivity index (χ3n) is 2.98. The van der Waals surface area contributed by atoms with Gasteiger partial charge in [-0.3, -0.25) is 4.84 Å². The highest BCUT2D eigenvalue weighted by molar-refractivity contribution is 6.38. The number of benzene rings is 2. The summed E-state index contributed by atoms with van der Waals surface area (Å²) in [5.74, 6) is 0.335. The van der Waals surface area contributed by atoms with E-state index in [0.717, 1.165) is 5.56 Å². The maximum absolute atomic E-state index is 11.7. The number of hydrogen-bond acceptors (Lipinski definition) is 6. The first-order chi connectivity index (χ1) is 12.1. The zero-order valence-corrected chi connectivity index (χ0v) is 14.0. The molecule has 0 atom stereocenters. The number of oxime groups is 1. The molecular weight excluding hydrogens is 367 g/mol. The molecule has 0 radical (unpaired) electrons. The van der Waals surface area contributed by atoms with Gasteiger partial charge in [-0.25, -0.2) is 10.1 Å². The van der Waals surface area contributed by atoms with Crippen LogP contribution in [0.25, 0.3) is 11.4 Å². The monoisotopic (exact) mass is 376 g/mol. The predicted molar refractivity (Wildman–Crippen MR) is 93.9 cm³/mol. The van der Waals surface area contributed by atoms with Gasteiger partial charge in [-0.15, -0.1) is 0 Å². The van der Waals surface area contributed by atoms with Gasteiger partial charge in [0.05, 0.1) is 16.3 Å². The van der Waals surface area contributed by atoms with Crippen molar-refractivity contribution in [1.29, 1.82) is 0 Å². The zero-order valence-electron chi connectivity index (χ0n) is 12.5. The van der Waals surface area contributed by atoms with Crippen LogP contribution in [0.2, 0.25) is 10.0 Å². The van der Waals surface area contributed by atoms with E-state index in [0.29, 0.717) is 21.4 Å². The van der Waals surface area contributed by atoms with Crippen LogP contribution in [0.3, 0.4) is 0 Å². The topological polar surface area (TPSA) is 89.6 Å². The minimum Gasteiger partial charge on any atom is -0.315 e. The van der Waals surface area contributed by atoms with Crippen molar-refractivity contribution in [2.24, 2.45) is 5.16 Å². The third kappa shape index (κ3) is 4.34. The van der Waals surface area contributed by atoms with E-state index in [4.69, 9.17) is 27.7 Å². The molecule has 0 aliphatic rings. The van der Waals surface area contributed by atoms with Crippen molar-refractivity contribution in [3.05, 3.63) is 64.1 Å². The molecule has 25 heavy (non-hydrogen) atoms. The lowest BCUT2D eigenvalue weighted by Gasteiger charge is -2.00. The number of aromatic nitrogens is 2. The van der Waals surface area contributed by atoms with Gasteiger partial charge in [0.25, 0.3) is 0 Å². The second-order valence-corrected chi connectivity index (χ2v) is 5.48. The number of nitrogens with one attached hydrogen (secondary N) is 1. The molecule has 0 unspecified atom stereocenters. The van der Waals surface area contributed by atoms with Crippen LogP contribution in [-0.4, -0.2) is 22.4 Å². The normalized spacial score (nSPS) is 10.8. The van der Waals surface area contributed by atoms with E-state index in [1.807, 2.05) is 30.3 Å². The van der Waals surface area contributed by atoms with Crippen molar-refractivity contribution < 1.29 is 14.2 Å². The van der Waals surface area contributed by atoms with Gasteiger partial charge >= 0.3 is 12.1 Å². The Morgan fingerprint density at radius 2 is 1.84 bits per heavy atom. The molecule has 0 aliphatic heterocycles. The van der Waals surface area contributed by atoms with Gasteiger partial charge < -0.3 is 4.52 Å². The molecule has 3 aromatic rings. The molecule has 0 fully saturated rings. The summed E-state index contributed by atoms with van der Waals surface area (Å²) < 4.78 is 4.93. The van der Waals surface area contributed by atoms with E-state index in [1.54, 1.807) is 18.2 Å². The highest BCUT2D eigenvalue weighted by atomic mass is 35.5. The number of nitrogens with zero attached hydrogens (tertiary/aromatic N) is 3. The second-order valence-electron chi connectivity index (χ2n) is 4.66. The number of carbonyl (C=O) groups excluding carboxylic acids is 1. The Bertz CT molecular complexity index is 893. The van der Waals surface area contributed by atoms with Gasteiger partial charge in [0.15, 0.2) is 0 Å². The zero-order chi connectivity index (χ0) is 17.6. The summed E-state index contributed by atoms with van der Waals surface area (Å²) in [4.78, 5) is 20.4. The van der Waals surface area contributed by atoms with Crippen molar-refractivity contribution in [3.8, 4) is 11.4 Å². The fourth-order valence-electron chi connectivity index (χ4n) is 1.85. The smallest absolute Gasteiger partial charge is 0.315 e. The molecule has 1 aromatic heterocycles. The number of amides is 1. The number of halogens is 2. The number of hydrogen-bond donors (Lipinski definition) is 1. The first-order valence-corrected chi connectivity index (χ1v) is 7.73. The Morgan fingerprint density at radius 1 is 1.12 bits per heavy atom. The van der Waals surface area contributed by atoms with Gasteiger partial charge in [0.2, 0.25) is 5.82 Å². The van der Waals surface area contributed by atoms with E-state index in [2.05, 4.69) is 25.5 Å². The van der Waals surface area contributed by atoms with Crippen LogP contribution in [0.5, 0.6) is 0 Å². The molecule has 0 bridgehead atoms. The fraction of sp³-hybridized carbons (Fsp3) is 0. The van der Waals surface area contributed by atoms with Crippen LogP contribution in [-0.2, 0) is 4.84 Å². The SMILES string of the molecule is O=C(Nc1nc(-c2ccccc2)no1)O/N=C/c1c(Cl)cccc1Cl. The predicted octanol–water partition coefficient (Wildman–Crippen LogP) is 4.63. The highest BCUT2D eigenvalue weighted by Gasteiger charge is 2.12. The van der Waals surface area contributed by atoms with E-state index >= 15 is 0 Å². The van der Waals surface area contributed by atoms with Crippen molar-refractivity contribution in [1.82, 2.24) is 10.1 Å². The molecule has 7 nitrogen and oxygen atoms in total. The van der Waals surface area contributed by atoms with E-state index in [9.17, 15) is 4.79 Å². The second kappa shape index (κ2) is 7.78. The quantitative estimate of drug-likeness (QED) is 0.407. The minimum atomic E-state index is -0.900. The summed E-state index contributed by atoms with van der Waals surface area (Å²) in [6.45, 7) is 0. The molecule has 0 aliphatic carbocycles. The van der Waals surface area contributed by atoms with Crippen molar-refractivity contribution in [2.45, 2.75) is 0 Å². The lowest BCUT2D eigenvalue weighted by atomic mass is 10.2. The molecule has 1 heterocycles. The van der Waals surface area contributed by atoms with Crippen LogP contribution < -0.4 is 5.32 Å². The largest absolute Gasteiger partial charge is 0.441 e. The minimum absolute atomic E-state index is 0.116. The van der Waals surface area contributed by atoms with Gasteiger partial charge in [0, 0.05) is 11.1 Å². The lowest BCUT2D eigenvalue weighted by molar-refractivity contribution is 0.166. The highest BCUT2D eigenvalue weighted by Crippen LogP contribution is 2.22. The first-order valence-electron chi connectivity index (χ1n) is 6.98. The molecule has 9 heteroatoms. The standard InChI is InChI=1S/C16H10Cl2N4O3/c17-12-7-4-8-13(18)11(12)9-19-25-16(23)21-15-20-14(22-24-15)10-5-2-1-3-6-10/h1-9H,(H,20,21,22,23)/b19-9+. The summed E-state index contributed by atoms with van der Waals surface area (Å²) >= 11 is 11.9.